The molecule has 1 heterocycles. The first-order chi connectivity index (χ1) is 9.56. The first kappa shape index (κ1) is 14.7. The molecule has 0 amide bonds. The summed E-state index contributed by atoms with van der Waals surface area (Å²) in [5.74, 6) is 0.0824. The van der Waals surface area contributed by atoms with Gasteiger partial charge in [-0.1, -0.05) is 12.1 Å². The molecule has 20 heavy (non-hydrogen) atoms. The molecule has 2 aromatic rings. The second kappa shape index (κ2) is 6.62. The number of rotatable bonds is 6. The zero-order valence-electron chi connectivity index (χ0n) is 10.9. The largest absolute Gasteiger partial charge is 0.481 e. The normalized spacial score (nSPS) is 10.9. The lowest BCUT2D eigenvalue weighted by Gasteiger charge is -2.11. The van der Waals surface area contributed by atoms with Crippen LogP contribution in [0.5, 0.6) is 0 Å². The molecule has 0 saturated heterocycles. The second-order valence-corrected chi connectivity index (χ2v) is 5.22. The number of aliphatic carboxylic acids is 1. The van der Waals surface area contributed by atoms with Gasteiger partial charge in [0.25, 0.3) is 0 Å². The average Bonchev–Trinajstić information content (AvgIpc) is 2.85. The van der Waals surface area contributed by atoms with Gasteiger partial charge in [0, 0.05) is 11.0 Å². The lowest BCUT2D eigenvalue weighted by Crippen LogP contribution is -2.21. The summed E-state index contributed by atoms with van der Waals surface area (Å²) < 4.78 is 6.47. The number of carbonyl (C=O) groups is 1. The summed E-state index contributed by atoms with van der Waals surface area (Å²) in [5, 5.41) is 16.6. The third-order valence-corrected chi connectivity index (χ3v) is 3.38. The van der Waals surface area contributed by atoms with Crippen LogP contribution in [0, 0.1) is 0 Å². The molecule has 1 aromatic heterocycles. The van der Waals surface area contributed by atoms with Crippen molar-refractivity contribution in [2.75, 3.05) is 13.6 Å². The molecule has 0 bridgehead atoms. The molecule has 1 N–H and O–H groups in total. The standard InChI is InChI=1S/C13H14BrN3O3/c1-17(7-6-12(18)19)8-11-15-16-13(20-11)9-4-2-3-5-10(9)14/h2-5H,6-8H2,1H3,(H,18,19). The van der Waals surface area contributed by atoms with Crippen LogP contribution >= 0.6 is 15.9 Å². The number of carboxylic acid groups (broad SMARTS) is 1. The number of halogens is 1. The SMILES string of the molecule is CN(CCC(=O)O)Cc1nnc(-c2ccccc2Br)o1. The number of nitrogens with zero attached hydrogens (tertiary/aromatic N) is 3. The van der Waals surface area contributed by atoms with Crippen LogP contribution in [-0.4, -0.2) is 39.8 Å². The van der Waals surface area contributed by atoms with Gasteiger partial charge in [-0.05, 0) is 35.1 Å². The smallest absolute Gasteiger partial charge is 0.304 e. The predicted octanol–water partition coefficient (Wildman–Crippen LogP) is 2.41. The molecule has 0 saturated carbocycles. The highest BCUT2D eigenvalue weighted by Crippen LogP contribution is 2.26. The molecule has 7 heteroatoms. The van der Waals surface area contributed by atoms with Gasteiger partial charge in [0.15, 0.2) is 0 Å². The molecule has 0 atom stereocenters. The van der Waals surface area contributed by atoms with E-state index in [0.29, 0.717) is 24.9 Å². The van der Waals surface area contributed by atoms with Crippen molar-refractivity contribution >= 4 is 21.9 Å². The van der Waals surface area contributed by atoms with Gasteiger partial charge in [-0.15, -0.1) is 10.2 Å². The number of carboxylic acids is 1. The molecular weight excluding hydrogens is 326 g/mol. The predicted molar refractivity (Wildman–Crippen MR) is 76.0 cm³/mol. The molecule has 0 aliphatic heterocycles. The second-order valence-electron chi connectivity index (χ2n) is 4.36. The molecule has 0 fully saturated rings. The zero-order chi connectivity index (χ0) is 14.5. The average molecular weight is 340 g/mol. The maximum absolute atomic E-state index is 10.5. The highest BCUT2D eigenvalue weighted by atomic mass is 79.9. The minimum absolute atomic E-state index is 0.0850. The van der Waals surface area contributed by atoms with E-state index in [0.717, 1.165) is 10.0 Å². The summed E-state index contributed by atoms with van der Waals surface area (Å²) >= 11 is 3.43. The fourth-order valence-electron chi connectivity index (χ4n) is 1.66. The van der Waals surface area contributed by atoms with E-state index in [1.807, 2.05) is 36.2 Å². The van der Waals surface area contributed by atoms with Gasteiger partial charge in [0.2, 0.25) is 11.8 Å². The number of hydrogen-bond donors (Lipinski definition) is 1. The van der Waals surface area contributed by atoms with Crippen LogP contribution in [0.25, 0.3) is 11.5 Å². The number of aromatic nitrogens is 2. The molecule has 0 spiro atoms. The molecule has 0 aliphatic carbocycles. The highest BCUT2D eigenvalue weighted by molar-refractivity contribution is 9.10. The molecule has 0 aliphatic rings. The van der Waals surface area contributed by atoms with E-state index in [9.17, 15) is 4.79 Å². The van der Waals surface area contributed by atoms with E-state index in [-0.39, 0.29) is 6.42 Å². The van der Waals surface area contributed by atoms with Crippen molar-refractivity contribution in [1.82, 2.24) is 15.1 Å². The van der Waals surface area contributed by atoms with E-state index in [2.05, 4.69) is 26.1 Å². The molecule has 1 aromatic carbocycles. The summed E-state index contributed by atoms with van der Waals surface area (Å²) in [7, 11) is 1.81. The Balaban J connectivity index is 2.02. The third kappa shape index (κ3) is 3.88. The van der Waals surface area contributed by atoms with Gasteiger partial charge >= 0.3 is 5.97 Å². The Morgan fingerprint density at radius 2 is 2.15 bits per heavy atom. The Labute approximate surface area is 124 Å². The molecule has 2 rings (SSSR count). The van der Waals surface area contributed by atoms with Crippen molar-refractivity contribution in [2.45, 2.75) is 13.0 Å². The fraction of sp³-hybridized carbons (Fsp3) is 0.308. The van der Waals surface area contributed by atoms with Gasteiger partial charge in [-0.3, -0.25) is 9.69 Å². The van der Waals surface area contributed by atoms with Gasteiger partial charge in [0.1, 0.15) is 0 Å². The van der Waals surface area contributed by atoms with Crippen LogP contribution in [0.3, 0.4) is 0 Å². The van der Waals surface area contributed by atoms with Gasteiger partial charge in [-0.25, -0.2) is 0 Å². The van der Waals surface area contributed by atoms with Crippen LogP contribution in [0.1, 0.15) is 12.3 Å². The zero-order valence-corrected chi connectivity index (χ0v) is 12.5. The van der Waals surface area contributed by atoms with Crippen molar-refractivity contribution in [3.63, 3.8) is 0 Å². The summed E-state index contributed by atoms with van der Waals surface area (Å²) in [6.45, 7) is 0.854. The van der Waals surface area contributed by atoms with E-state index in [1.165, 1.54) is 0 Å². The van der Waals surface area contributed by atoms with Crippen LogP contribution in [0.15, 0.2) is 33.2 Å². The first-order valence-corrected chi connectivity index (χ1v) is 6.83. The Morgan fingerprint density at radius 3 is 2.85 bits per heavy atom. The van der Waals surface area contributed by atoms with E-state index in [1.54, 1.807) is 0 Å². The quantitative estimate of drug-likeness (QED) is 0.870. The van der Waals surface area contributed by atoms with Crippen LogP contribution < -0.4 is 0 Å². The maximum atomic E-state index is 10.5. The minimum atomic E-state index is -0.823. The van der Waals surface area contributed by atoms with Crippen molar-refractivity contribution in [2.24, 2.45) is 0 Å². The molecule has 106 valence electrons. The Bertz CT molecular complexity index is 600. The summed E-state index contributed by atoms with van der Waals surface area (Å²) in [4.78, 5) is 12.3. The van der Waals surface area contributed by atoms with Crippen LogP contribution in [0.4, 0.5) is 0 Å². The van der Waals surface area contributed by atoms with Crippen molar-refractivity contribution in [3.05, 3.63) is 34.6 Å². The monoisotopic (exact) mass is 339 g/mol. The molecule has 6 nitrogen and oxygen atoms in total. The van der Waals surface area contributed by atoms with E-state index < -0.39 is 5.97 Å². The Hall–Kier alpha value is -1.73. The van der Waals surface area contributed by atoms with E-state index >= 15 is 0 Å². The summed E-state index contributed by atoms with van der Waals surface area (Å²) in [5.41, 5.74) is 0.833. The lowest BCUT2D eigenvalue weighted by atomic mass is 10.2. The van der Waals surface area contributed by atoms with E-state index in [4.69, 9.17) is 9.52 Å². The van der Waals surface area contributed by atoms with Crippen molar-refractivity contribution in [3.8, 4) is 11.5 Å². The molecular formula is C13H14BrN3O3. The van der Waals surface area contributed by atoms with Gasteiger partial charge in [-0.2, -0.15) is 0 Å². The topological polar surface area (TPSA) is 79.5 Å². The van der Waals surface area contributed by atoms with Crippen LogP contribution in [0.2, 0.25) is 0 Å². The Kier molecular flexibility index (Phi) is 4.86. The molecule has 0 unspecified atom stereocenters. The molecule has 0 radical (unpaired) electrons. The summed E-state index contributed by atoms with van der Waals surface area (Å²) in [6, 6.07) is 7.58. The maximum Gasteiger partial charge on any atom is 0.304 e. The van der Waals surface area contributed by atoms with Crippen molar-refractivity contribution in [1.29, 1.82) is 0 Å². The first-order valence-electron chi connectivity index (χ1n) is 6.04. The lowest BCUT2D eigenvalue weighted by molar-refractivity contribution is -0.137. The fourth-order valence-corrected chi connectivity index (χ4v) is 2.11. The van der Waals surface area contributed by atoms with Gasteiger partial charge in [0.05, 0.1) is 18.5 Å². The number of hydrogen-bond acceptors (Lipinski definition) is 5. The summed E-state index contributed by atoms with van der Waals surface area (Å²) in [6.07, 6.45) is 0.0850. The van der Waals surface area contributed by atoms with Gasteiger partial charge < -0.3 is 9.52 Å². The third-order valence-electron chi connectivity index (χ3n) is 2.68. The van der Waals surface area contributed by atoms with Crippen LogP contribution in [-0.2, 0) is 11.3 Å². The highest BCUT2D eigenvalue weighted by Gasteiger charge is 2.13. The minimum Gasteiger partial charge on any atom is -0.481 e. The Morgan fingerprint density at radius 1 is 1.40 bits per heavy atom. The number of benzene rings is 1. The van der Waals surface area contributed by atoms with Crippen molar-refractivity contribution < 1.29 is 14.3 Å².